The van der Waals surface area contributed by atoms with Gasteiger partial charge >= 0.3 is 0 Å². The molecule has 0 amide bonds. The summed E-state index contributed by atoms with van der Waals surface area (Å²) in [6, 6.07) is 63.5. The van der Waals surface area contributed by atoms with E-state index < -0.39 is 5.41 Å². The van der Waals surface area contributed by atoms with E-state index in [-0.39, 0.29) is 0 Å². The van der Waals surface area contributed by atoms with Gasteiger partial charge in [-0.2, -0.15) is 0 Å². The Labute approximate surface area is 297 Å². The number of anilines is 3. The van der Waals surface area contributed by atoms with Crippen molar-refractivity contribution >= 4 is 49.6 Å². The number of benzene rings is 8. The van der Waals surface area contributed by atoms with E-state index >= 15 is 0 Å². The van der Waals surface area contributed by atoms with E-state index in [1.807, 2.05) is 0 Å². The Morgan fingerprint density at radius 3 is 1.82 bits per heavy atom. The highest BCUT2D eigenvalue weighted by Gasteiger charge is 2.52. The summed E-state index contributed by atoms with van der Waals surface area (Å²) in [5.41, 5.74) is 17.5. The summed E-state index contributed by atoms with van der Waals surface area (Å²) < 4.78 is 2.31. The van der Waals surface area contributed by atoms with Crippen LogP contribution in [-0.4, -0.2) is 4.57 Å². The second-order valence-corrected chi connectivity index (χ2v) is 14.2. The number of aromatic nitrogens is 1. The maximum Gasteiger partial charge on any atom is 0.0726 e. The van der Waals surface area contributed by atoms with Crippen molar-refractivity contribution < 1.29 is 0 Å². The molecule has 240 valence electrons. The molecule has 11 rings (SSSR count). The van der Waals surface area contributed by atoms with Gasteiger partial charge in [-0.3, -0.25) is 0 Å². The van der Waals surface area contributed by atoms with Crippen molar-refractivity contribution in [1.29, 1.82) is 0 Å². The highest BCUT2D eigenvalue weighted by molar-refractivity contribution is 6.13. The predicted molar refractivity (Wildman–Crippen MR) is 214 cm³/mol. The molecule has 2 aliphatic rings. The van der Waals surface area contributed by atoms with Crippen molar-refractivity contribution in [3.63, 3.8) is 0 Å². The lowest BCUT2D eigenvalue weighted by Crippen LogP contribution is -2.26. The number of aryl methyl sites for hydroxylation is 2. The molecule has 0 unspecified atom stereocenters. The van der Waals surface area contributed by atoms with Crippen LogP contribution in [0.2, 0.25) is 0 Å². The molecule has 0 saturated heterocycles. The lowest BCUT2D eigenvalue weighted by atomic mass is 9.70. The normalized spacial score (nSPS) is 13.5. The maximum atomic E-state index is 2.53. The van der Waals surface area contributed by atoms with Crippen LogP contribution < -0.4 is 4.90 Å². The summed E-state index contributed by atoms with van der Waals surface area (Å²) in [5, 5.41) is 5.05. The van der Waals surface area contributed by atoms with Crippen LogP contribution in [0.5, 0.6) is 0 Å². The molecule has 9 aromatic rings. The summed E-state index contributed by atoms with van der Waals surface area (Å²) in [6.07, 6.45) is 0. The van der Waals surface area contributed by atoms with Crippen LogP contribution in [0.15, 0.2) is 170 Å². The number of hydrogen-bond donors (Lipinski definition) is 0. The van der Waals surface area contributed by atoms with Gasteiger partial charge in [0.1, 0.15) is 0 Å². The molecule has 0 radical (unpaired) electrons. The van der Waals surface area contributed by atoms with Gasteiger partial charge in [-0.05, 0) is 99.3 Å². The fraction of sp³-hybridized carbons (Fsp3) is 0.0612. The molecule has 8 aromatic carbocycles. The number of nitrogens with zero attached hydrogens (tertiary/aromatic N) is 2. The maximum absolute atomic E-state index is 2.53. The minimum atomic E-state index is -0.440. The van der Waals surface area contributed by atoms with Crippen LogP contribution in [0, 0.1) is 6.92 Å². The Balaban J connectivity index is 1.28. The van der Waals surface area contributed by atoms with E-state index in [0.717, 1.165) is 11.4 Å². The van der Waals surface area contributed by atoms with Gasteiger partial charge in [0.05, 0.1) is 11.1 Å². The van der Waals surface area contributed by atoms with E-state index in [4.69, 9.17) is 0 Å². The van der Waals surface area contributed by atoms with Crippen molar-refractivity contribution in [3.05, 3.63) is 198 Å². The molecule has 1 heterocycles. The van der Waals surface area contributed by atoms with Gasteiger partial charge in [-0.25, -0.2) is 0 Å². The molecule has 0 bridgehead atoms. The Bertz CT molecular complexity index is 2850. The lowest BCUT2D eigenvalue weighted by Gasteiger charge is -2.33. The van der Waals surface area contributed by atoms with Gasteiger partial charge in [0, 0.05) is 45.6 Å². The zero-order chi connectivity index (χ0) is 33.8. The van der Waals surface area contributed by atoms with Gasteiger partial charge in [0.2, 0.25) is 0 Å². The molecule has 2 heteroatoms. The zero-order valence-electron chi connectivity index (χ0n) is 28.6. The molecule has 0 saturated carbocycles. The molecule has 0 fully saturated rings. The third-order valence-electron chi connectivity index (χ3n) is 11.6. The second-order valence-electron chi connectivity index (χ2n) is 14.2. The van der Waals surface area contributed by atoms with Crippen LogP contribution in [0.25, 0.3) is 54.8 Å². The highest BCUT2D eigenvalue weighted by atomic mass is 15.1. The van der Waals surface area contributed by atoms with E-state index in [9.17, 15) is 0 Å². The first-order chi connectivity index (χ1) is 25.1. The SMILES string of the molecule is Cc1ccc2c(c1)C1(c3ccccc3-c3ccccc31)c1cc(N(c3ccccc3)c3ccc4c(c3)c3ccccc3n4C)c3ccccc3c1-2. The largest absolute Gasteiger partial charge is 0.344 e. The number of fused-ring (bicyclic) bond motifs is 15. The van der Waals surface area contributed by atoms with Gasteiger partial charge in [-0.15, -0.1) is 0 Å². The second kappa shape index (κ2) is 10.3. The highest BCUT2D eigenvalue weighted by Crippen LogP contribution is 2.65. The van der Waals surface area contributed by atoms with E-state index in [2.05, 4.69) is 193 Å². The summed E-state index contributed by atoms with van der Waals surface area (Å²) in [6.45, 7) is 2.23. The first-order valence-electron chi connectivity index (χ1n) is 17.8. The van der Waals surface area contributed by atoms with Gasteiger partial charge in [-0.1, -0.05) is 133 Å². The van der Waals surface area contributed by atoms with Crippen LogP contribution in [0.4, 0.5) is 17.1 Å². The van der Waals surface area contributed by atoms with E-state index in [1.165, 1.54) is 88.3 Å². The Morgan fingerprint density at radius 2 is 1.06 bits per heavy atom. The zero-order valence-corrected chi connectivity index (χ0v) is 28.6. The van der Waals surface area contributed by atoms with Crippen molar-refractivity contribution in [2.24, 2.45) is 7.05 Å². The fourth-order valence-electron chi connectivity index (χ4n) is 9.57. The van der Waals surface area contributed by atoms with E-state index in [1.54, 1.807) is 0 Å². The average molecular weight is 651 g/mol. The summed E-state index contributed by atoms with van der Waals surface area (Å²) in [5.74, 6) is 0. The Hall–Kier alpha value is -6.38. The van der Waals surface area contributed by atoms with Gasteiger partial charge in [0.25, 0.3) is 0 Å². The molecule has 0 N–H and O–H groups in total. The topological polar surface area (TPSA) is 8.17 Å². The van der Waals surface area contributed by atoms with Crippen LogP contribution >= 0.6 is 0 Å². The summed E-state index contributed by atoms with van der Waals surface area (Å²) in [7, 11) is 2.17. The smallest absolute Gasteiger partial charge is 0.0726 e. The monoisotopic (exact) mass is 650 g/mol. The summed E-state index contributed by atoms with van der Waals surface area (Å²) in [4.78, 5) is 2.48. The molecule has 1 aromatic heterocycles. The minimum absolute atomic E-state index is 0.440. The van der Waals surface area contributed by atoms with E-state index in [0.29, 0.717) is 0 Å². The number of para-hydroxylation sites is 2. The average Bonchev–Trinajstić information content (AvgIpc) is 3.76. The molecule has 51 heavy (non-hydrogen) atoms. The van der Waals surface area contributed by atoms with Gasteiger partial charge in [0.15, 0.2) is 0 Å². The summed E-state index contributed by atoms with van der Waals surface area (Å²) >= 11 is 0. The van der Waals surface area contributed by atoms with Crippen LogP contribution in [0.3, 0.4) is 0 Å². The molecule has 1 spiro atoms. The van der Waals surface area contributed by atoms with Crippen LogP contribution in [-0.2, 0) is 12.5 Å². The Morgan fingerprint density at radius 1 is 0.431 bits per heavy atom. The molecular weight excluding hydrogens is 617 g/mol. The van der Waals surface area contributed by atoms with Crippen molar-refractivity contribution in [3.8, 4) is 22.3 Å². The standard InChI is InChI=1S/C49H34N2/c1-31-24-26-39-43(28-31)49(41-21-11-8-16-34(41)35-17-9-12-22-42(35)49)44-30-47(36-18-6-7-20-38(36)48(39)44)51(32-14-4-3-5-15-32)33-25-27-46-40(29-33)37-19-10-13-23-45(37)50(46)2/h3-30H,1-2H3. The molecule has 2 nitrogen and oxygen atoms in total. The third kappa shape index (κ3) is 3.66. The van der Waals surface area contributed by atoms with Crippen molar-refractivity contribution in [1.82, 2.24) is 4.57 Å². The van der Waals surface area contributed by atoms with Crippen molar-refractivity contribution in [2.45, 2.75) is 12.3 Å². The molecule has 2 aliphatic carbocycles. The lowest BCUT2D eigenvalue weighted by molar-refractivity contribution is 0.793. The number of hydrogen-bond acceptors (Lipinski definition) is 1. The molecular formula is C49H34N2. The fourth-order valence-corrected chi connectivity index (χ4v) is 9.57. The Kier molecular flexibility index (Phi) is 5.76. The van der Waals surface area contributed by atoms with Gasteiger partial charge < -0.3 is 9.47 Å². The first-order valence-corrected chi connectivity index (χ1v) is 17.8. The van der Waals surface area contributed by atoms with Crippen LogP contribution in [0.1, 0.15) is 27.8 Å². The number of rotatable bonds is 3. The minimum Gasteiger partial charge on any atom is -0.344 e. The molecule has 0 atom stereocenters. The predicted octanol–water partition coefficient (Wildman–Crippen LogP) is 12.6. The third-order valence-corrected chi connectivity index (χ3v) is 11.6. The molecule has 0 aliphatic heterocycles. The first kappa shape index (κ1) is 28.5. The quantitative estimate of drug-likeness (QED) is 0.185. The van der Waals surface area contributed by atoms with Crippen molar-refractivity contribution in [2.75, 3.05) is 4.90 Å².